The van der Waals surface area contributed by atoms with E-state index in [4.69, 9.17) is 5.26 Å². The van der Waals surface area contributed by atoms with Crippen molar-refractivity contribution in [1.82, 2.24) is 0 Å². The zero-order chi connectivity index (χ0) is 9.68. The third-order valence-corrected chi connectivity index (χ3v) is 1.56. The predicted molar refractivity (Wildman–Crippen MR) is 48.8 cm³/mol. The molecule has 0 atom stereocenters. The van der Waals surface area contributed by atoms with Crippen LogP contribution in [0, 0.1) is 30.1 Å². The number of aryl methyl sites for hydroxylation is 1. The lowest BCUT2D eigenvalue weighted by Gasteiger charge is -1.95. The summed E-state index contributed by atoms with van der Waals surface area (Å²) in [6, 6.07) is 7.37. The summed E-state index contributed by atoms with van der Waals surface area (Å²) in [5.74, 6) is 4.88. The molecule has 0 aromatic heterocycles. The van der Waals surface area contributed by atoms with Gasteiger partial charge in [0.1, 0.15) is 6.07 Å². The molecule has 0 unspecified atom stereocenters. The lowest BCUT2D eigenvalue weighted by atomic mass is 10.1. The molecule has 13 heavy (non-hydrogen) atoms. The Morgan fingerprint density at radius 3 is 2.77 bits per heavy atom. The first-order valence-electron chi connectivity index (χ1n) is 3.74. The zero-order valence-electron chi connectivity index (χ0n) is 7.16. The highest BCUT2D eigenvalue weighted by atomic mass is 16.1. The molecule has 1 aromatic carbocycles. The maximum atomic E-state index is 9.99. The fraction of sp³-hybridized carbons (Fsp3) is 0.0909. The van der Waals surface area contributed by atoms with Crippen molar-refractivity contribution in [1.29, 1.82) is 5.26 Å². The lowest BCUT2D eigenvalue weighted by Crippen LogP contribution is -1.84. The minimum Gasteiger partial charge on any atom is -0.289 e. The Labute approximate surface area is 76.8 Å². The average molecular weight is 169 g/mol. The monoisotopic (exact) mass is 169 g/mol. The molecule has 62 valence electrons. The predicted octanol–water partition coefficient (Wildman–Crippen LogP) is 1.42. The van der Waals surface area contributed by atoms with Gasteiger partial charge in [0, 0.05) is 5.56 Å². The van der Waals surface area contributed by atoms with Gasteiger partial charge >= 0.3 is 0 Å². The van der Waals surface area contributed by atoms with Crippen LogP contribution in [0.4, 0.5) is 0 Å². The van der Waals surface area contributed by atoms with Crippen LogP contribution >= 0.6 is 0 Å². The second-order valence-corrected chi connectivity index (χ2v) is 2.55. The van der Waals surface area contributed by atoms with Crippen LogP contribution in [0.3, 0.4) is 0 Å². The van der Waals surface area contributed by atoms with Crippen molar-refractivity contribution in [3.63, 3.8) is 0 Å². The molecule has 0 aliphatic heterocycles. The first kappa shape index (κ1) is 9.03. The van der Waals surface area contributed by atoms with E-state index in [0.29, 0.717) is 17.4 Å². The molecule has 0 fully saturated rings. The third-order valence-electron chi connectivity index (χ3n) is 1.56. The summed E-state index contributed by atoms with van der Waals surface area (Å²) in [5.41, 5.74) is 2.11. The first-order chi connectivity index (χ1) is 6.27. The van der Waals surface area contributed by atoms with Crippen molar-refractivity contribution < 1.29 is 4.79 Å². The second kappa shape index (κ2) is 4.09. The molecule has 0 aliphatic carbocycles. The second-order valence-electron chi connectivity index (χ2n) is 2.55. The van der Waals surface area contributed by atoms with Gasteiger partial charge in [-0.25, -0.2) is 0 Å². The van der Waals surface area contributed by atoms with Gasteiger partial charge in [-0.3, -0.25) is 4.79 Å². The van der Waals surface area contributed by atoms with Crippen LogP contribution in [0.1, 0.15) is 16.7 Å². The first-order valence-corrected chi connectivity index (χ1v) is 3.74. The number of hydrogen-bond donors (Lipinski definition) is 0. The van der Waals surface area contributed by atoms with E-state index < -0.39 is 0 Å². The van der Waals surface area contributed by atoms with Crippen LogP contribution in [-0.2, 0) is 4.79 Å². The summed E-state index contributed by atoms with van der Waals surface area (Å²) in [6.45, 7) is 1.90. The molecule has 0 heterocycles. The van der Waals surface area contributed by atoms with Crippen molar-refractivity contribution in [3.05, 3.63) is 34.9 Å². The Balaban J connectivity index is 3.23. The molecule has 0 radical (unpaired) electrons. The highest BCUT2D eigenvalue weighted by Crippen LogP contribution is 2.08. The topological polar surface area (TPSA) is 40.9 Å². The molecule has 1 rings (SSSR count). The highest BCUT2D eigenvalue weighted by molar-refractivity contribution is 5.74. The third kappa shape index (κ3) is 2.18. The molecule has 2 nitrogen and oxygen atoms in total. The quantitative estimate of drug-likeness (QED) is 0.435. The van der Waals surface area contributed by atoms with Gasteiger partial charge in [0.25, 0.3) is 0 Å². The van der Waals surface area contributed by atoms with Crippen LogP contribution in [0.15, 0.2) is 18.2 Å². The summed E-state index contributed by atoms with van der Waals surface area (Å²) in [4.78, 5) is 9.99. The molecular weight excluding hydrogens is 162 g/mol. The van der Waals surface area contributed by atoms with Crippen molar-refractivity contribution in [2.24, 2.45) is 0 Å². The minimum absolute atomic E-state index is 0.509. The van der Waals surface area contributed by atoms with Crippen LogP contribution in [0.5, 0.6) is 0 Å². The summed E-state index contributed by atoms with van der Waals surface area (Å²) < 4.78 is 0. The van der Waals surface area contributed by atoms with Crippen LogP contribution in [0.25, 0.3) is 0 Å². The van der Waals surface area contributed by atoms with E-state index in [0.717, 1.165) is 5.56 Å². The smallest absolute Gasteiger partial charge is 0.193 e. The van der Waals surface area contributed by atoms with Gasteiger partial charge < -0.3 is 0 Å². The van der Waals surface area contributed by atoms with Crippen LogP contribution in [0.2, 0.25) is 0 Å². The molecule has 1 aromatic rings. The van der Waals surface area contributed by atoms with Crippen LogP contribution in [-0.4, -0.2) is 6.29 Å². The highest BCUT2D eigenvalue weighted by Gasteiger charge is 1.97. The Morgan fingerprint density at radius 2 is 2.15 bits per heavy atom. The van der Waals surface area contributed by atoms with Gasteiger partial charge in [0.05, 0.1) is 5.56 Å². The largest absolute Gasteiger partial charge is 0.289 e. The number of nitriles is 1. The van der Waals surface area contributed by atoms with Gasteiger partial charge in [-0.2, -0.15) is 5.26 Å². The number of carbonyl (C=O) groups is 1. The van der Waals surface area contributed by atoms with E-state index in [2.05, 4.69) is 11.8 Å². The summed E-state index contributed by atoms with van der Waals surface area (Å²) in [5, 5.41) is 8.74. The van der Waals surface area contributed by atoms with Gasteiger partial charge in [0.2, 0.25) is 0 Å². The van der Waals surface area contributed by atoms with Gasteiger partial charge in [-0.15, -0.1) is 0 Å². The van der Waals surface area contributed by atoms with Crippen LogP contribution < -0.4 is 0 Å². The Bertz CT molecular complexity index is 430. The van der Waals surface area contributed by atoms with E-state index in [1.54, 1.807) is 12.1 Å². The maximum absolute atomic E-state index is 9.99. The van der Waals surface area contributed by atoms with Crippen molar-refractivity contribution in [3.8, 4) is 17.9 Å². The SMILES string of the molecule is Cc1ccc(C#CC=O)c(C#N)c1. The fourth-order valence-electron chi connectivity index (χ4n) is 0.967. The number of nitrogens with zero attached hydrogens (tertiary/aromatic N) is 1. The molecule has 0 amide bonds. The van der Waals surface area contributed by atoms with Gasteiger partial charge in [0.15, 0.2) is 6.29 Å². The fourth-order valence-corrected chi connectivity index (χ4v) is 0.967. The van der Waals surface area contributed by atoms with E-state index in [1.807, 2.05) is 19.1 Å². The molecular formula is C11H7NO. The number of carbonyl (C=O) groups excluding carboxylic acids is 1. The van der Waals surface area contributed by atoms with Gasteiger partial charge in [-0.05, 0) is 30.5 Å². The Morgan fingerprint density at radius 1 is 1.38 bits per heavy atom. The lowest BCUT2D eigenvalue weighted by molar-refractivity contribution is -0.103. The number of hydrogen-bond acceptors (Lipinski definition) is 2. The maximum Gasteiger partial charge on any atom is 0.193 e. The number of benzene rings is 1. The normalized spacial score (nSPS) is 8.00. The van der Waals surface area contributed by atoms with Crippen molar-refractivity contribution in [2.75, 3.05) is 0 Å². The average Bonchev–Trinajstić information content (AvgIpc) is 2.16. The van der Waals surface area contributed by atoms with E-state index in [9.17, 15) is 4.79 Å². The Hall–Kier alpha value is -2.06. The molecule has 0 N–H and O–H groups in total. The molecule has 0 saturated heterocycles. The number of rotatable bonds is 0. The molecule has 0 aliphatic rings. The summed E-state index contributed by atoms with van der Waals surface area (Å²) in [7, 11) is 0. The van der Waals surface area contributed by atoms with E-state index >= 15 is 0 Å². The Kier molecular flexibility index (Phi) is 2.84. The van der Waals surface area contributed by atoms with E-state index in [-0.39, 0.29) is 0 Å². The van der Waals surface area contributed by atoms with Crippen molar-refractivity contribution >= 4 is 6.29 Å². The summed E-state index contributed by atoms with van der Waals surface area (Å²) >= 11 is 0. The minimum atomic E-state index is 0.509. The molecule has 0 bridgehead atoms. The number of aldehydes is 1. The summed E-state index contributed by atoms with van der Waals surface area (Å²) in [6.07, 6.45) is 0.515. The van der Waals surface area contributed by atoms with Crippen molar-refractivity contribution in [2.45, 2.75) is 6.92 Å². The van der Waals surface area contributed by atoms with Gasteiger partial charge in [-0.1, -0.05) is 12.0 Å². The molecule has 0 spiro atoms. The van der Waals surface area contributed by atoms with E-state index in [1.165, 1.54) is 0 Å². The molecule has 0 saturated carbocycles. The molecule has 2 heteroatoms. The zero-order valence-corrected chi connectivity index (χ0v) is 7.16. The standard InChI is InChI=1S/C11H7NO/c1-9-4-5-10(3-2-6-13)11(7-9)8-12/h4-7H,1H3.